The molecule has 3 heteroatoms. The molecule has 3 nitrogen and oxygen atoms in total. The van der Waals surface area contributed by atoms with Gasteiger partial charge in [-0.15, -0.1) is 0 Å². The molecule has 0 saturated carbocycles. The van der Waals surface area contributed by atoms with Crippen molar-refractivity contribution in [1.82, 2.24) is 9.13 Å². The Morgan fingerprint density at radius 2 is 0.918 bits per heavy atom. The summed E-state index contributed by atoms with van der Waals surface area (Å²) in [4.78, 5) is 2.37. The summed E-state index contributed by atoms with van der Waals surface area (Å²) >= 11 is 0. The van der Waals surface area contributed by atoms with Crippen LogP contribution in [0.4, 0.5) is 17.1 Å². The minimum absolute atomic E-state index is 1.10. The molecule has 0 aliphatic rings. The topological polar surface area (TPSA) is 13.1 Å². The standard InChI is InChI=1S/C46H31N3/c1-2-14-37(15-3-1)47-29-28-34-20-27-43-42-16-8-9-17-44(42)49(46(43)45(34)47)39-25-23-38(24-26-39)48(40-21-18-32-10-4-6-12-35(32)30-40)41-22-19-33-11-5-7-13-36(33)31-41/h1-31H. The molecular weight excluding hydrogens is 595 g/mol. The summed E-state index contributed by atoms with van der Waals surface area (Å²) in [6, 6.07) is 65.8. The van der Waals surface area contributed by atoms with E-state index in [4.69, 9.17) is 0 Å². The molecule has 49 heavy (non-hydrogen) atoms. The quantitative estimate of drug-likeness (QED) is 0.185. The van der Waals surface area contributed by atoms with Gasteiger partial charge >= 0.3 is 0 Å². The van der Waals surface area contributed by atoms with Crippen LogP contribution < -0.4 is 4.90 Å². The zero-order valence-electron chi connectivity index (χ0n) is 26.7. The van der Waals surface area contributed by atoms with Crippen LogP contribution in [0.5, 0.6) is 0 Å². The predicted molar refractivity (Wildman–Crippen MR) is 207 cm³/mol. The monoisotopic (exact) mass is 625 g/mol. The summed E-state index contributed by atoms with van der Waals surface area (Å²) in [5.74, 6) is 0. The van der Waals surface area contributed by atoms with Crippen LogP contribution in [0, 0.1) is 0 Å². The summed E-state index contributed by atoms with van der Waals surface area (Å²) < 4.78 is 4.76. The fraction of sp³-hybridized carbons (Fsp3) is 0. The Kier molecular flexibility index (Phi) is 6.18. The molecule has 2 aromatic heterocycles. The van der Waals surface area contributed by atoms with Crippen LogP contribution in [-0.4, -0.2) is 9.13 Å². The van der Waals surface area contributed by atoms with Gasteiger partial charge in [0.2, 0.25) is 0 Å². The first-order chi connectivity index (χ1) is 24.3. The number of benzene rings is 8. The second-order valence-electron chi connectivity index (χ2n) is 12.7. The van der Waals surface area contributed by atoms with Crippen LogP contribution in [0.15, 0.2) is 188 Å². The second kappa shape index (κ2) is 11.0. The van der Waals surface area contributed by atoms with Gasteiger partial charge in [-0.2, -0.15) is 0 Å². The van der Waals surface area contributed by atoms with Gasteiger partial charge in [-0.1, -0.05) is 109 Å². The number of anilines is 3. The lowest BCUT2D eigenvalue weighted by atomic mass is 10.1. The largest absolute Gasteiger partial charge is 0.315 e. The van der Waals surface area contributed by atoms with Gasteiger partial charge < -0.3 is 14.0 Å². The molecule has 0 aliphatic carbocycles. The van der Waals surface area contributed by atoms with E-state index in [9.17, 15) is 0 Å². The van der Waals surface area contributed by atoms with Gasteiger partial charge in [-0.25, -0.2) is 0 Å². The first kappa shape index (κ1) is 27.5. The first-order valence-electron chi connectivity index (χ1n) is 16.8. The molecule has 0 aliphatic heterocycles. The number of para-hydroxylation sites is 2. The van der Waals surface area contributed by atoms with Gasteiger partial charge in [0.25, 0.3) is 0 Å². The van der Waals surface area contributed by atoms with Crippen molar-refractivity contribution in [2.75, 3.05) is 4.90 Å². The van der Waals surface area contributed by atoms with Crippen molar-refractivity contribution >= 4 is 71.3 Å². The van der Waals surface area contributed by atoms with Crippen molar-refractivity contribution in [3.8, 4) is 11.4 Å². The fourth-order valence-corrected chi connectivity index (χ4v) is 7.57. The van der Waals surface area contributed by atoms with E-state index in [1.807, 2.05) is 0 Å². The summed E-state index contributed by atoms with van der Waals surface area (Å²) in [7, 11) is 0. The van der Waals surface area contributed by atoms with E-state index < -0.39 is 0 Å². The third-order valence-electron chi connectivity index (χ3n) is 9.87. The van der Waals surface area contributed by atoms with Gasteiger partial charge in [0, 0.05) is 50.8 Å². The Bertz CT molecular complexity index is 2740. The molecule has 0 bridgehead atoms. The SMILES string of the molecule is c1ccc(-n2ccc3ccc4c5ccccc5n(-c5ccc(N(c6ccc7ccccc7c6)c6ccc7ccccc7c6)cc5)c4c32)cc1. The van der Waals surface area contributed by atoms with Gasteiger partial charge in [0.1, 0.15) is 0 Å². The van der Waals surface area contributed by atoms with Gasteiger partial charge in [-0.05, 0) is 94.3 Å². The normalized spacial score (nSPS) is 11.7. The minimum atomic E-state index is 1.10. The van der Waals surface area contributed by atoms with E-state index in [0.29, 0.717) is 0 Å². The van der Waals surface area contributed by atoms with Crippen LogP contribution in [-0.2, 0) is 0 Å². The summed E-state index contributed by atoms with van der Waals surface area (Å²) in [5.41, 5.74) is 9.24. The maximum Gasteiger partial charge on any atom is 0.0788 e. The van der Waals surface area contributed by atoms with Crippen LogP contribution in [0.25, 0.3) is 65.6 Å². The highest BCUT2D eigenvalue weighted by Gasteiger charge is 2.19. The zero-order valence-corrected chi connectivity index (χ0v) is 26.7. The van der Waals surface area contributed by atoms with E-state index in [-0.39, 0.29) is 0 Å². The van der Waals surface area contributed by atoms with Crippen molar-refractivity contribution < 1.29 is 0 Å². The number of aromatic nitrogens is 2. The van der Waals surface area contributed by atoms with E-state index in [1.54, 1.807) is 0 Å². The fourth-order valence-electron chi connectivity index (χ4n) is 7.57. The Hall–Kier alpha value is -6.58. The lowest BCUT2D eigenvalue weighted by molar-refractivity contribution is 1.11. The molecule has 10 aromatic rings. The van der Waals surface area contributed by atoms with Crippen molar-refractivity contribution in [2.24, 2.45) is 0 Å². The molecule has 10 rings (SSSR count). The van der Waals surface area contributed by atoms with Gasteiger partial charge in [0.15, 0.2) is 0 Å². The highest BCUT2D eigenvalue weighted by Crippen LogP contribution is 2.41. The van der Waals surface area contributed by atoms with Gasteiger partial charge in [-0.3, -0.25) is 0 Å². The first-order valence-corrected chi connectivity index (χ1v) is 16.8. The lowest BCUT2D eigenvalue weighted by Gasteiger charge is -2.26. The third kappa shape index (κ3) is 4.44. The van der Waals surface area contributed by atoms with Crippen molar-refractivity contribution in [1.29, 1.82) is 0 Å². The number of hydrogen-bond acceptors (Lipinski definition) is 1. The van der Waals surface area contributed by atoms with E-state index >= 15 is 0 Å². The minimum Gasteiger partial charge on any atom is -0.315 e. The number of nitrogens with zero attached hydrogens (tertiary/aromatic N) is 3. The predicted octanol–water partition coefficient (Wildman–Crippen LogP) is 12.5. The molecular formula is C46H31N3. The molecule has 0 fully saturated rings. The maximum atomic E-state index is 2.44. The maximum absolute atomic E-state index is 2.44. The summed E-state index contributed by atoms with van der Waals surface area (Å²) in [6.45, 7) is 0. The Labute approximate surface area is 284 Å². The molecule has 8 aromatic carbocycles. The third-order valence-corrected chi connectivity index (χ3v) is 9.87. The van der Waals surface area contributed by atoms with E-state index in [0.717, 1.165) is 28.4 Å². The highest BCUT2D eigenvalue weighted by atomic mass is 15.1. The Morgan fingerprint density at radius 3 is 1.61 bits per heavy atom. The molecule has 0 N–H and O–H groups in total. The Balaban J connectivity index is 1.18. The summed E-state index contributed by atoms with van der Waals surface area (Å²) in [5, 5.41) is 8.62. The molecule has 0 radical (unpaired) electrons. The zero-order chi connectivity index (χ0) is 32.3. The molecule has 0 amide bonds. The average Bonchev–Trinajstić information content (AvgIpc) is 3.75. The number of rotatable bonds is 5. The van der Waals surface area contributed by atoms with Crippen LogP contribution in [0.2, 0.25) is 0 Å². The van der Waals surface area contributed by atoms with Crippen molar-refractivity contribution in [3.63, 3.8) is 0 Å². The molecule has 0 atom stereocenters. The molecule has 0 saturated heterocycles. The van der Waals surface area contributed by atoms with Crippen molar-refractivity contribution in [2.45, 2.75) is 0 Å². The van der Waals surface area contributed by atoms with Crippen LogP contribution in [0.3, 0.4) is 0 Å². The smallest absolute Gasteiger partial charge is 0.0788 e. The van der Waals surface area contributed by atoms with E-state index in [1.165, 1.54) is 54.3 Å². The van der Waals surface area contributed by atoms with Crippen LogP contribution >= 0.6 is 0 Å². The number of fused-ring (bicyclic) bond motifs is 7. The molecule has 0 spiro atoms. The molecule has 230 valence electrons. The molecule has 0 unspecified atom stereocenters. The average molecular weight is 626 g/mol. The lowest BCUT2D eigenvalue weighted by Crippen LogP contribution is -2.10. The summed E-state index contributed by atoms with van der Waals surface area (Å²) in [6.07, 6.45) is 2.19. The number of hydrogen-bond donors (Lipinski definition) is 0. The molecule has 2 heterocycles. The van der Waals surface area contributed by atoms with Crippen LogP contribution in [0.1, 0.15) is 0 Å². The van der Waals surface area contributed by atoms with E-state index in [2.05, 4.69) is 202 Å². The van der Waals surface area contributed by atoms with Crippen molar-refractivity contribution in [3.05, 3.63) is 188 Å². The van der Waals surface area contributed by atoms with Gasteiger partial charge in [0.05, 0.1) is 16.6 Å². The highest BCUT2D eigenvalue weighted by molar-refractivity contribution is 6.18. The second-order valence-corrected chi connectivity index (χ2v) is 12.7. The Morgan fingerprint density at radius 1 is 0.347 bits per heavy atom.